The van der Waals surface area contributed by atoms with Gasteiger partial charge >= 0.3 is 0 Å². The van der Waals surface area contributed by atoms with Crippen LogP contribution in [0.3, 0.4) is 0 Å². The highest BCUT2D eigenvalue weighted by Crippen LogP contribution is 2.23. The average molecular weight is 330 g/mol. The minimum Gasteiger partial charge on any atom is -0.311 e. The molecule has 1 aromatic carbocycles. The Labute approximate surface area is 122 Å². The number of nitrogens with zero attached hydrogens (tertiary/aromatic N) is 2. The molecule has 0 fully saturated rings. The minimum absolute atomic E-state index is 0.157. The molecule has 0 saturated heterocycles. The van der Waals surface area contributed by atoms with Crippen LogP contribution in [0.2, 0.25) is 0 Å². The highest BCUT2D eigenvalue weighted by Gasteiger charge is 2.13. The van der Waals surface area contributed by atoms with Crippen LogP contribution in [0.5, 0.6) is 0 Å². The van der Waals surface area contributed by atoms with Gasteiger partial charge in [-0.3, -0.25) is 10.1 Å². The summed E-state index contributed by atoms with van der Waals surface area (Å²) >= 11 is 3.25. The lowest BCUT2D eigenvalue weighted by molar-refractivity contribution is -0.385. The molecule has 1 N–H and O–H groups in total. The van der Waals surface area contributed by atoms with Crippen molar-refractivity contribution < 1.29 is 4.92 Å². The van der Waals surface area contributed by atoms with E-state index < -0.39 is 0 Å². The van der Waals surface area contributed by atoms with E-state index in [0.717, 1.165) is 30.7 Å². The molecule has 106 valence electrons. The van der Waals surface area contributed by atoms with Crippen molar-refractivity contribution in [1.82, 2.24) is 10.2 Å². The van der Waals surface area contributed by atoms with Gasteiger partial charge < -0.3 is 10.2 Å². The van der Waals surface area contributed by atoms with Gasteiger partial charge in [0, 0.05) is 35.7 Å². The summed E-state index contributed by atoms with van der Waals surface area (Å²) in [6.07, 6.45) is 0. The van der Waals surface area contributed by atoms with Crippen molar-refractivity contribution in [2.75, 3.05) is 26.2 Å². The lowest BCUT2D eigenvalue weighted by Crippen LogP contribution is -2.31. The molecule has 0 spiro atoms. The van der Waals surface area contributed by atoms with Crippen LogP contribution < -0.4 is 5.32 Å². The third-order valence-corrected chi connectivity index (χ3v) is 3.55. The third kappa shape index (κ3) is 5.26. The standard InChI is InChI=1S/C13H20BrN3O2/c1-3-16(4-2)8-7-15-10-11-5-6-12(14)9-13(11)17(18)19/h5-6,9,15H,3-4,7-8,10H2,1-2H3. The summed E-state index contributed by atoms with van der Waals surface area (Å²) in [7, 11) is 0. The minimum atomic E-state index is -0.341. The predicted octanol–water partition coefficient (Wildman–Crippen LogP) is 2.79. The summed E-state index contributed by atoms with van der Waals surface area (Å²) in [6.45, 7) is 8.61. The summed E-state index contributed by atoms with van der Waals surface area (Å²) in [6, 6.07) is 5.16. The molecule has 5 nitrogen and oxygen atoms in total. The van der Waals surface area contributed by atoms with Gasteiger partial charge in [0.05, 0.1) is 4.92 Å². The molecule has 0 aliphatic heterocycles. The number of likely N-dealkylation sites (N-methyl/N-ethyl adjacent to an activating group) is 1. The highest BCUT2D eigenvalue weighted by atomic mass is 79.9. The van der Waals surface area contributed by atoms with Gasteiger partial charge in [-0.1, -0.05) is 29.8 Å². The summed E-state index contributed by atoms with van der Waals surface area (Å²) in [5.74, 6) is 0. The topological polar surface area (TPSA) is 58.4 Å². The lowest BCUT2D eigenvalue weighted by atomic mass is 10.2. The molecule has 6 heteroatoms. The molecule has 0 saturated carbocycles. The van der Waals surface area contributed by atoms with Crippen molar-refractivity contribution in [3.63, 3.8) is 0 Å². The van der Waals surface area contributed by atoms with Crippen LogP contribution in [0.1, 0.15) is 19.4 Å². The van der Waals surface area contributed by atoms with Gasteiger partial charge in [-0.05, 0) is 25.2 Å². The van der Waals surface area contributed by atoms with E-state index in [1.54, 1.807) is 12.1 Å². The molecule has 1 rings (SSSR count). The SMILES string of the molecule is CCN(CC)CCNCc1ccc(Br)cc1[N+](=O)[O-]. The molecule has 19 heavy (non-hydrogen) atoms. The van der Waals surface area contributed by atoms with E-state index in [-0.39, 0.29) is 10.6 Å². The van der Waals surface area contributed by atoms with E-state index in [2.05, 4.69) is 40.0 Å². The zero-order valence-corrected chi connectivity index (χ0v) is 12.9. The van der Waals surface area contributed by atoms with Crippen LogP contribution in [0.15, 0.2) is 22.7 Å². The second-order valence-corrected chi connectivity index (χ2v) is 5.15. The monoisotopic (exact) mass is 329 g/mol. The van der Waals surface area contributed by atoms with Crippen LogP contribution in [0.4, 0.5) is 5.69 Å². The van der Waals surface area contributed by atoms with Crippen LogP contribution in [-0.2, 0) is 6.54 Å². The van der Waals surface area contributed by atoms with Crippen molar-refractivity contribution in [1.29, 1.82) is 0 Å². The first-order chi connectivity index (χ1) is 9.08. The van der Waals surface area contributed by atoms with E-state index in [1.165, 1.54) is 0 Å². The Hall–Kier alpha value is -0.980. The highest BCUT2D eigenvalue weighted by molar-refractivity contribution is 9.10. The second-order valence-electron chi connectivity index (χ2n) is 4.23. The fourth-order valence-corrected chi connectivity index (χ4v) is 2.21. The van der Waals surface area contributed by atoms with E-state index in [1.807, 2.05) is 6.07 Å². The largest absolute Gasteiger partial charge is 0.311 e. The molecular weight excluding hydrogens is 310 g/mol. The number of nitro groups is 1. The van der Waals surface area contributed by atoms with Crippen molar-refractivity contribution in [3.05, 3.63) is 38.3 Å². The Balaban J connectivity index is 2.51. The summed E-state index contributed by atoms with van der Waals surface area (Å²) in [5, 5.41) is 14.2. The van der Waals surface area contributed by atoms with Crippen LogP contribution in [0.25, 0.3) is 0 Å². The molecule has 0 aromatic heterocycles. The molecule has 0 unspecified atom stereocenters. The van der Waals surface area contributed by atoms with E-state index in [4.69, 9.17) is 0 Å². The summed E-state index contributed by atoms with van der Waals surface area (Å²) < 4.78 is 0.728. The van der Waals surface area contributed by atoms with E-state index >= 15 is 0 Å². The number of hydrogen-bond acceptors (Lipinski definition) is 4. The van der Waals surface area contributed by atoms with Crippen molar-refractivity contribution in [2.24, 2.45) is 0 Å². The van der Waals surface area contributed by atoms with Gasteiger partial charge in [0.25, 0.3) is 5.69 Å². The molecule has 0 atom stereocenters. The van der Waals surface area contributed by atoms with Gasteiger partial charge in [0.1, 0.15) is 0 Å². The van der Waals surface area contributed by atoms with E-state index in [0.29, 0.717) is 12.1 Å². The van der Waals surface area contributed by atoms with Crippen LogP contribution in [0, 0.1) is 10.1 Å². The lowest BCUT2D eigenvalue weighted by Gasteiger charge is -2.18. The number of nitro benzene ring substituents is 1. The Kier molecular flexibility index (Phi) is 6.97. The zero-order chi connectivity index (χ0) is 14.3. The van der Waals surface area contributed by atoms with E-state index in [9.17, 15) is 10.1 Å². The number of halogens is 1. The Morgan fingerprint density at radius 3 is 2.63 bits per heavy atom. The number of rotatable bonds is 8. The number of hydrogen-bond donors (Lipinski definition) is 1. The molecule has 0 radical (unpaired) electrons. The first-order valence-electron chi connectivity index (χ1n) is 6.44. The predicted molar refractivity (Wildman–Crippen MR) is 80.3 cm³/mol. The summed E-state index contributed by atoms with van der Waals surface area (Å²) in [5.41, 5.74) is 0.873. The smallest absolute Gasteiger partial charge is 0.275 e. The molecule has 0 heterocycles. The first-order valence-corrected chi connectivity index (χ1v) is 7.23. The fourth-order valence-electron chi connectivity index (χ4n) is 1.86. The van der Waals surface area contributed by atoms with Crippen molar-refractivity contribution >= 4 is 21.6 Å². The zero-order valence-electron chi connectivity index (χ0n) is 11.4. The normalized spacial score (nSPS) is 10.9. The van der Waals surface area contributed by atoms with Gasteiger partial charge in [-0.2, -0.15) is 0 Å². The van der Waals surface area contributed by atoms with Gasteiger partial charge in [-0.15, -0.1) is 0 Å². The number of nitrogens with one attached hydrogen (secondary N) is 1. The molecule has 1 aromatic rings. The maximum absolute atomic E-state index is 11.0. The van der Waals surface area contributed by atoms with Crippen LogP contribution >= 0.6 is 15.9 Å². The first kappa shape index (κ1) is 16.1. The Bertz CT molecular complexity index is 422. The van der Waals surface area contributed by atoms with Gasteiger partial charge in [0.2, 0.25) is 0 Å². The molecular formula is C13H20BrN3O2. The average Bonchev–Trinajstić information content (AvgIpc) is 2.40. The maximum atomic E-state index is 11.0. The third-order valence-electron chi connectivity index (χ3n) is 3.06. The van der Waals surface area contributed by atoms with Crippen molar-refractivity contribution in [2.45, 2.75) is 20.4 Å². The fraction of sp³-hybridized carbons (Fsp3) is 0.538. The molecule has 0 bridgehead atoms. The van der Waals surface area contributed by atoms with Crippen molar-refractivity contribution in [3.8, 4) is 0 Å². The molecule has 0 amide bonds. The molecule has 0 aliphatic carbocycles. The second kappa shape index (κ2) is 8.24. The van der Waals surface area contributed by atoms with Gasteiger partial charge in [0.15, 0.2) is 0 Å². The molecule has 0 aliphatic rings. The maximum Gasteiger partial charge on any atom is 0.275 e. The Morgan fingerprint density at radius 1 is 1.37 bits per heavy atom. The van der Waals surface area contributed by atoms with Crippen LogP contribution in [-0.4, -0.2) is 36.0 Å². The van der Waals surface area contributed by atoms with Gasteiger partial charge in [-0.25, -0.2) is 0 Å². The summed E-state index contributed by atoms with van der Waals surface area (Å²) in [4.78, 5) is 12.9. The number of benzene rings is 1. The Morgan fingerprint density at radius 2 is 2.05 bits per heavy atom. The quantitative estimate of drug-likeness (QED) is 0.452.